The Morgan fingerprint density at radius 1 is 1.52 bits per heavy atom. The smallest absolute Gasteiger partial charge is 0.409 e. The van der Waals surface area contributed by atoms with Gasteiger partial charge in [0.2, 0.25) is 0 Å². The van der Waals surface area contributed by atoms with Crippen molar-refractivity contribution in [1.29, 1.82) is 0 Å². The minimum atomic E-state index is -0.980. The van der Waals surface area contributed by atoms with Crippen LogP contribution in [0.2, 0.25) is 0 Å². The third-order valence-corrected chi connectivity index (χ3v) is 5.74. The molecule has 126 valence electrons. The third-order valence-electron chi connectivity index (χ3n) is 5.74. The van der Waals surface area contributed by atoms with E-state index in [9.17, 15) is 14.3 Å². The summed E-state index contributed by atoms with van der Waals surface area (Å²) in [6.45, 7) is 1.91. The van der Waals surface area contributed by atoms with Crippen molar-refractivity contribution in [3.05, 3.63) is 35.6 Å². The van der Waals surface area contributed by atoms with Crippen LogP contribution in [0.5, 0.6) is 0 Å². The lowest BCUT2D eigenvalue weighted by atomic mass is 9.73. The van der Waals surface area contributed by atoms with Crippen molar-refractivity contribution in [3.8, 4) is 0 Å². The van der Waals surface area contributed by atoms with E-state index in [4.69, 9.17) is 4.74 Å². The van der Waals surface area contributed by atoms with E-state index in [1.165, 1.54) is 18.1 Å². The fraction of sp³-hybridized carbons (Fsp3) is 0.611. The zero-order valence-electron chi connectivity index (χ0n) is 13.7. The van der Waals surface area contributed by atoms with Gasteiger partial charge >= 0.3 is 6.09 Å². The van der Waals surface area contributed by atoms with Crippen LogP contribution in [-0.2, 0) is 10.2 Å². The molecule has 3 rings (SSSR count). The summed E-state index contributed by atoms with van der Waals surface area (Å²) in [5.74, 6) is 0.242. The van der Waals surface area contributed by atoms with E-state index in [0.29, 0.717) is 17.9 Å². The van der Waals surface area contributed by atoms with E-state index in [0.717, 1.165) is 25.7 Å². The van der Waals surface area contributed by atoms with Crippen molar-refractivity contribution in [3.63, 3.8) is 0 Å². The van der Waals surface area contributed by atoms with Gasteiger partial charge < -0.3 is 9.84 Å². The lowest BCUT2D eigenvalue weighted by Gasteiger charge is -2.44. The maximum atomic E-state index is 14.5. The van der Waals surface area contributed by atoms with Crippen LogP contribution in [0.3, 0.4) is 0 Å². The van der Waals surface area contributed by atoms with E-state index in [1.807, 2.05) is 19.1 Å². The summed E-state index contributed by atoms with van der Waals surface area (Å²) in [7, 11) is 1.53. The van der Waals surface area contributed by atoms with Gasteiger partial charge in [-0.15, -0.1) is 0 Å². The first kappa shape index (κ1) is 16.2. The third kappa shape index (κ3) is 2.51. The summed E-state index contributed by atoms with van der Waals surface area (Å²) in [6, 6.07) is 6.61. The predicted octanol–water partition coefficient (Wildman–Crippen LogP) is 4.00. The van der Waals surface area contributed by atoms with E-state index < -0.39 is 17.7 Å². The van der Waals surface area contributed by atoms with Gasteiger partial charge in [0.1, 0.15) is 12.0 Å². The molecular weight excluding hydrogens is 297 g/mol. The van der Waals surface area contributed by atoms with Crippen LogP contribution in [0.1, 0.15) is 44.6 Å². The summed E-state index contributed by atoms with van der Waals surface area (Å²) in [4.78, 5) is 13.4. The number of hydrogen-bond donors (Lipinski definition) is 1. The highest BCUT2D eigenvalue weighted by Crippen LogP contribution is 2.57. The zero-order valence-corrected chi connectivity index (χ0v) is 13.7. The second-order valence-electron chi connectivity index (χ2n) is 6.78. The van der Waals surface area contributed by atoms with Crippen LogP contribution in [0.15, 0.2) is 24.3 Å². The number of benzene rings is 1. The number of carboxylic acid groups (broad SMARTS) is 1. The fourth-order valence-corrected chi connectivity index (χ4v) is 4.83. The Morgan fingerprint density at radius 3 is 2.83 bits per heavy atom. The highest BCUT2D eigenvalue weighted by molar-refractivity contribution is 5.66. The van der Waals surface area contributed by atoms with E-state index in [-0.39, 0.29) is 11.9 Å². The molecule has 2 saturated carbocycles. The van der Waals surface area contributed by atoms with Gasteiger partial charge in [-0.25, -0.2) is 9.18 Å². The second kappa shape index (κ2) is 6.11. The second-order valence-corrected chi connectivity index (χ2v) is 6.78. The Bertz CT molecular complexity index is 589. The molecule has 4 atom stereocenters. The first-order valence-electron chi connectivity index (χ1n) is 8.32. The molecule has 0 aromatic heterocycles. The van der Waals surface area contributed by atoms with Gasteiger partial charge in [-0.1, -0.05) is 25.1 Å². The van der Waals surface area contributed by atoms with Crippen molar-refractivity contribution in [2.75, 3.05) is 7.11 Å². The lowest BCUT2D eigenvalue weighted by molar-refractivity contribution is -0.0577. The molecule has 2 aliphatic carbocycles. The molecule has 0 aliphatic heterocycles. The Morgan fingerprint density at radius 2 is 2.26 bits per heavy atom. The van der Waals surface area contributed by atoms with Crippen LogP contribution >= 0.6 is 0 Å². The number of fused-ring (bicyclic) bond motifs is 2. The molecule has 1 N–H and O–H groups in total. The first-order chi connectivity index (χ1) is 11.0. The minimum absolute atomic E-state index is 0.222. The first-order valence-corrected chi connectivity index (χ1v) is 8.32. The van der Waals surface area contributed by atoms with Crippen LogP contribution in [-0.4, -0.2) is 35.5 Å². The Labute approximate surface area is 136 Å². The van der Waals surface area contributed by atoms with Gasteiger partial charge in [0.05, 0.1) is 0 Å². The van der Waals surface area contributed by atoms with Gasteiger partial charge in [-0.05, 0) is 49.7 Å². The average Bonchev–Trinajstić information content (AvgIpc) is 3.11. The van der Waals surface area contributed by atoms with Gasteiger partial charge in [0.15, 0.2) is 0 Å². The number of carbonyl (C=O) groups is 1. The number of ether oxygens (including phenoxy) is 1. The summed E-state index contributed by atoms with van der Waals surface area (Å²) in [5, 5.41) is 9.78. The SMILES string of the molecule is CCC(OC)N(C(=O)O)[C@H]1CC2CC[C@@]1(c1ccccc1F)C2. The topological polar surface area (TPSA) is 49.8 Å². The monoisotopic (exact) mass is 321 g/mol. The van der Waals surface area contributed by atoms with Crippen molar-refractivity contribution >= 4 is 6.09 Å². The van der Waals surface area contributed by atoms with Gasteiger partial charge in [-0.2, -0.15) is 0 Å². The fourth-order valence-electron chi connectivity index (χ4n) is 4.83. The Kier molecular flexibility index (Phi) is 4.32. The number of hydrogen-bond acceptors (Lipinski definition) is 2. The molecule has 2 aliphatic rings. The van der Waals surface area contributed by atoms with Gasteiger partial charge in [0, 0.05) is 18.6 Å². The maximum absolute atomic E-state index is 14.5. The number of nitrogens with zero attached hydrogens (tertiary/aromatic N) is 1. The summed E-state index contributed by atoms with van der Waals surface area (Å²) >= 11 is 0. The molecule has 23 heavy (non-hydrogen) atoms. The largest absolute Gasteiger partial charge is 0.465 e. The molecule has 5 heteroatoms. The van der Waals surface area contributed by atoms with Crippen molar-refractivity contribution in [2.24, 2.45) is 5.92 Å². The molecule has 1 aromatic rings. The molecule has 4 nitrogen and oxygen atoms in total. The van der Waals surface area contributed by atoms with Gasteiger partial charge in [-0.3, -0.25) is 4.90 Å². The summed E-state index contributed by atoms with van der Waals surface area (Å²) < 4.78 is 19.9. The molecule has 1 aromatic carbocycles. The molecule has 0 heterocycles. The van der Waals surface area contributed by atoms with Crippen molar-refractivity contribution in [1.82, 2.24) is 4.90 Å². The van der Waals surface area contributed by atoms with Gasteiger partial charge in [0.25, 0.3) is 0 Å². The minimum Gasteiger partial charge on any atom is -0.465 e. The lowest BCUT2D eigenvalue weighted by Crippen LogP contribution is -2.55. The molecule has 2 unspecified atom stereocenters. The quantitative estimate of drug-likeness (QED) is 0.834. The molecule has 2 bridgehead atoms. The molecule has 0 radical (unpaired) electrons. The summed E-state index contributed by atoms with van der Waals surface area (Å²) in [6.07, 6.45) is 2.66. The maximum Gasteiger partial charge on any atom is 0.409 e. The summed E-state index contributed by atoms with van der Waals surface area (Å²) in [5.41, 5.74) is 0.252. The Hall–Kier alpha value is -1.62. The molecule has 2 fully saturated rings. The predicted molar refractivity (Wildman–Crippen MR) is 84.8 cm³/mol. The highest BCUT2D eigenvalue weighted by atomic mass is 19.1. The van der Waals surface area contributed by atoms with Crippen LogP contribution < -0.4 is 0 Å². The standard InChI is InChI=1S/C18H24FNO3/c1-3-16(23-2)20(17(21)22)15-10-12-8-9-18(15,11-12)13-6-4-5-7-14(13)19/h4-7,12,15-16H,3,8-11H2,1-2H3,(H,21,22)/t12?,15-,16?,18-/m0/s1. The van der Waals surface area contributed by atoms with E-state index in [1.54, 1.807) is 6.07 Å². The normalized spacial score (nSPS) is 30.4. The van der Waals surface area contributed by atoms with Crippen molar-refractivity contribution < 1.29 is 19.0 Å². The molecule has 1 amide bonds. The molecular formula is C18H24FNO3. The highest BCUT2D eigenvalue weighted by Gasteiger charge is 2.57. The van der Waals surface area contributed by atoms with E-state index >= 15 is 0 Å². The van der Waals surface area contributed by atoms with Crippen molar-refractivity contribution in [2.45, 2.75) is 56.7 Å². The molecule has 0 saturated heterocycles. The number of rotatable bonds is 5. The average molecular weight is 321 g/mol. The Balaban J connectivity index is 2.04. The van der Waals surface area contributed by atoms with Crippen LogP contribution in [0.4, 0.5) is 9.18 Å². The zero-order chi connectivity index (χ0) is 16.6. The number of halogens is 1. The van der Waals surface area contributed by atoms with Crippen LogP contribution in [0, 0.1) is 11.7 Å². The van der Waals surface area contributed by atoms with E-state index in [2.05, 4.69) is 0 Å². The number of methoxy groups -OCH3 is 1. The molecule has 0 spiro atoms. The number of amides is 1. The van der Waals surface area contributed by atoms with Crippen LogP contribution in [0.25, 0.3) is 0 Å².